The standard InChI is InChI=1S/C6H12.H2S.Ti/c1-2-4-6-5-3-1;;/h1-6H2;1H2;/p-1. The summed E-state index contributed by atoms with van der Waals surface area (Å²) in [5.41, 5.74) is 0. The van der Waals surface area contributed by atoms with Gasteiger partial charge in [0.2, 0.25) is 0 Å². The van der Waals surface area contributed by atoms with Crippen LogP contribution in [0, 0.1) is 0 Å². The van der Waals surface area contributed by atoms with Gasteiger partial charge < -0.3 is 13.5 Å². The van der Waals surface area contributed by atoms with Gasteiger partial charge in [0, 0.05) is 21.7 Å². The maximum absolute atomic E-state index is 1.50. The summed E-state index contributed by atoms with van der Waals surface area (Å²) < 4.78 is 0. The molecule has 0 saturated heterocycles. The minimum Gasteiger partial charge on any atom is -0.813 e. The van der Waals surface area contributed by atoms with E-state index in [1.54, 1.807) is 0 Å². The van der Waals surface area contributed by atoms with E-state index in [1.807, 2.05) is 0 Å². The van der Waals surface area contributed by atoms with Crippen molar-refractivity contribution in [2.24, 2.45) is 0 Å². The minimum atomic E-state index is 0. The van der Waals surface area contributed by atoms with Gasteiger partial charge in [-0.15, -0.1) is 0 Å². The van der Waals surface area contributed by atoms with Gasteiger partial charge in [-0.25, -0.2) is 0 Å². The SMILES string of the molecule is C1CCCCC1.[SH-].[Ti]. The third-order valence-corrected chi connectivity index (χ3v) is 1.50. The van der Waals surface area contributed by atoms with Crippen molar-refractivity contribution in [3.8, 4) is 0 Å². The van der Waals surface area contributed by atoms with Crippen LogP contribution in [0.1, 0.15) is 38.5 Å². The average molecular weight is 165 g/mol. The topological polar surface area (TPSA) is 0 Å². The first-order chi connectivity index (χ1) is 3.00. The molecule has 1 aliphatic carbocycles. The molecule has 48 valence electrons. The van der Waals surface area contributed by atoms with Gasteiger partial charge in [-0.2, -0.15) is 0 Å². The fourth-order valence-corrected chi connectivity index (χ4v) is 1.06. The van der Waals surface area contributed by atoms with Crippen molar-refractivity contribution in [2.45, 2.75) is 38.5 Å². The van der Waals surface area contributed by atoms with Gasteiger partial charge in [0.05, 0.1) is 0 Å². The largest absolute Gasteiger partial charge is 0.813 e. The van der Waals surface area contributed by atoms with Crippen LogP contribution in [0.25, 0.3) is 0 Å². The molecule has 0 unspecified atom stereocenters. The molecule has 2 heteroatoms. The Morgan fingerprint density at radius 3 is 0.750 bits per heavy atom. The normalized spacial score (nSPS) is 18.0. The zero-order chi connectivity index (χ0) is 4.24. The van der Waals surface area contributed by atoms with Gasteiger partial charge in [0.1, 0.15) is 0 Å². The van der Waals surface area contributed by atoms with Crippen molar-refractivity contribution in [3.05, 3.63) is 0 Å². The Kier molecular flexibility index (Phi) is 11.9. The number of hydrogen-bond donors (Lipinski definition) is 0. The Bertz CT molecular complexity index is 24.0. The predicted octanol–water partition coefficient (Wildman–Crippen LogP) is 2.07. The van der Waals surface area contributed by atoms with Crippen molar-refractivity contribution in [2.75, 3.05) is 0 Å². The maximum Gasteiger partial charge on any atom is 0 e. The van der Waals surface area contributed by atoms with Crippen molar-refractivity contribution < 1.29 is 21.7 Å². The van der Waals surface area contributed by atoms with Crippen LogP contribution in [0.3, 0.4) is 0 Å². The molecule has 0 N–H and O–H groups in total. The molecule has 0 aliphatic heterocycles. The van der Waals surface area contributed by atoms with E-state index in [0.29, 0.717) is 0 Å². The van der Waals surface area contributed by atoms with Crippen LogP contribution in [0.2, 0.25) is 0 Å². The van der Waals surface area contributed by atoms with Crippen LogP contribution in [0.4, 0.5) is 0 Å². The molecule has 0 aromatic carbocycles. The van der Waals surface area contributed by atoms with Crippen LogP contribution in [-0.4, -0.2) is 0 Å². The van der Waals surface area contributed by atoms with Crippen LogP contribution in [0.15, 0.2) is 0 Å². The second kappa shape index (κ2) is 8.06. The summed E-state index contributed by atoms with van der Waals surface area (Å²) in [6, 6.07) is 0. The molecule has 0 nitrogen and oxygen atoms in total. The average Bonchev–Trinajstić information content (AvgIpc) is 1.72. The van der Waals surface area contributed by atoms with Crippen molar-refractivity contribution in [1.29, 1.82) is 0 Å². The summed E-state index contributed by atoms with van der Waals surface area (Å²) in [5.74, 6) is 0. The Labute approximate surface area is 73.8 Å². The second-order valence-corrected chi connectivity index (χ2v) is 2.12. The molecule has 0 radical (unpaired) electrons. The fraction of sp³-hybridized carbons (Fsp3) is 1.00. The first-order valence-corrected chi connectivity index (χ1v) is 3.00. The van der Waals surface area contributed by atoms with E-state index >= 15 is 0 Å². The Balaban J connectivity index is 0. The molecule has 0 bridgehead atoms. The summed E-state index contributed by atoms with van der Waals surface area (Å²) in [4.78, 5) is 0. The smallest absolute Gasteiger partial charge is 0 e. The van der Waals surface area contributed by atoms with Gasteiger partial charge >= 0.3 is 0 Å². The minimum absolute atomic E-state index is 0. The molecule has 0 aromatic heterocycles. The molecule has 0 atom stereocenters. The molecule has 8 heavy (non-hydrogen) atoms. The molecule has 0 amide bonds. The van der Waals surface area contributed by atoms with Crippen LogP contribution < -0.4 is 0 Å². The van der Waals surface area contributed by atoms with E-state index in [4.69, 9.17) is 0 Å². The van der Waals surface area contributed by atoms with Crippen LogP contribution in [0.5, 0.6) is 0 Å². The van der Waals surface area contributed by atoms with E-state index in [9.17, 15) is 0 Å². The first-order valence-electron chi connectivity index (χ1n) is 3.00. The molecule has 0 heterocycles. The zero-order valence-electron chi connectivity index (χ0n) is 5.19. The Morgan fingerprint density at radius 1 is 0.500 bits per heavy atom. The number of hydrogen-bond acceptors (Lipinski definition) is 1. The van der Waals surface area contributed by atoms with E-state index in [-0.39, 0.29) is 35.2 Å². The van der Waals surface area contributed by atoms with Crippen molar-refractivity contribution in [1.82, 2.24) is 0 Å². The van der Waals surface area contributed by atoms with Gasteiger partial charge in [-0.3, -0.25) is 0 Å². The van der Waals surface area contributed by atoms with Crippen molar-refractivity contribution in [3.63, 3.8) is 0 Å². The third kappa shape index (κ3) is 5.21. The quantitative estimate of drug-likeness (QED) is 0.301. The van der Waals surface area contributed by atoms with Gasteiger partial charge in [-0.1, -0.05) is 38.5 Å². The van der Waals surface area contributed by atoms with E-state index in [2.05, 4.69) is 0 Å². The predicted molar refractivity (Wildman–Crippen MR) is 36.5 cm³/mol. The molecular formula is C6H13STi-. The third-order valence-electron chi connectivity index (χ3n) is 1.50. The summed E-state index contributed by atoms with van der Waals surface area (Å²) in [7, 11) is 0. The number of thiol groups is 1. The Morgan fingerprint density at radius 2 is 0.625 bits per heavy atom. The van der Waals surface area contributed by atoms with Crippen LogP contribution >= 0.6 is 0 Å². The molecule has 1 saturated carbocycles. The Hall–Kier alpha value is 1.06. The molecule has 1 aliphatic rings. The molecule has 0 aromatic rings. The fourth-order valence-electron chi connectivity index (χ4n) is 1.06. The molecule has 0 spiro atoms. The maximum atomic E-state index is 1.50. The van der Waals surface area contributed by atoms with E-state index in [0.717, 1.165) is 0 Å². The first kappa shape index (κ1) is 11.8. The summed E-state index contributed by atoms with van der Waals surface area (Å²) in [6.07, 6.45) is 9.00. The second-order valence-electron chi connectivity index (χ2n) is 2.12. The molecular weight excluding hydrogens is 152 g/mol. The monoisotopic (exact) mass is 165 g/mol. The summed E-state index contributed by atoms with van der Waals surface area (Å²) in [5, 5.41) is 0. The summed E-state index contributed by atoms with van der Waals surface area (Å²) in [6.45, 7) is 0. The van der Waals surface area contributed by atoms with Gasteiger partial charge in [-0.05, 0) is 0 Å². The summed E-state index contributed by atoms with van der Waals surface area (Å²) >= 11 is 0. The van der Waals surface area contributed by atoms with Crippen LogP contribution in [-0.2, 0) is 35.2 Å². The van der Waals surface area contributed by atoms with E-state index in [1.165, 1.54) is 38.5 Å². The zero-order valence-corrected chi connectivity index (χ0v) is 7.65. The molecule has 1 rings (SSSR count). The van der Waals surface area contributed by atoms with Crippen molar-refractivity contribution >= 4 is 13.5 Å². The van der Waals surface area contributed by atoms with E-state index < -0.39 is 0 Å². The van der Waals surface area contributed by atoms with Gasteiger partial charge in [0.25, 0.3) is 0 Å². The van der Waals surface area contributed by atoms with Gasteiger partial charge in [0.15, 0.2) is 0 Å². The molecule has 1 fully saturated rings. The number of rotatable bonds is 0.